The molecule has 0 bridgehead atoms. The molecule has 0 spiro atoms. The molecule has 4 nitrogen and oxygen atoms in total. The molecule has 6 heteroatoms. The fourth-order valence-corrected chi connectivity index (χ4v) is 1.99. The molecule has 18 heavy (non-hydrogen) atoms. The molecule has 0 saturated heterocycles. The summed E-state index contributed by atoms with van der Waals surface area (Å²) >= 11 is 7.16. The van der Waals surface area contributed by atoms with Gasteiger partial charge in [0.2, 0.25) is 0 Å². The number of hydrogen-bond donors (Lipinski definition) is 1. The lowest BCUT2D eigenvalue weighted by atomic mass is 10.2. The number of nitrogens with zero attached hydrogens (tertiary/aromatic N) is 2. The van der Waals surface area contributed by atoms with Crippen molar-refractivity contribution in [2.45, 2.75) is 5.16 Å². The van der Waals surface area contributed by atoms with Crippen LogP contribution in [-0.2, 0) is 0 Å². The third-order valence-corrected chi connectivity index (χ3v) is 3.24. The number of rotatable bonds is 4. The van der Waals surface area contributed by atoms with Crippen LogP contribution in [-0.4, -0.2) is 20.9 Å². The van der Waals surface area contributed by atoms with E-state index < -0.39 is 0 Å². The number of thioether (sulfide) groups is 1. The molecular weight excluding hydrogens is 270 g/mol. The first kappa shape index (κ1) is 12.9. The lowest BCUT2D eigenvalue weighted by Crippen LogP contribution is -2.14. The van der Waals surface area contributed by atoms with Crippen molar-refractivity contribution in [1.82, 2.24) is 15.2 Å². The van der Waals surface area contributed by atoms with Gasteiger partial charge < -0.3 is 0 Å². The van der Waals surface area contributed by atoms with Crippen LogP contribution in [0.25, 0.3) is 11.3 Å². The average molecular weight is 280 g/mol. The van der Waals surface area contributed by atoms with Crippen LogP contribution in [0.2, 0.25) is 5.02 Å². The van der Waals surface area contributed by atoms with Crippen LogP contribution in [0.5, 0.6) is 0 Å². The second-order valence-electron chi connectivity index (χ2n) is 3.41. The van der Waals surface area contributed by atoms with Crippen LogP contribution in [0.3, 0.4) is 0 Å². The number of nitrogens with one attached hydrogen (secondary N) is 1. The van der Waals surface area contributed by atoms with Crippen molar-refractivity contribution in [2.75, 3.05) is 5.75 Å². The molecule has 1 N–H and O–H groups in total. The predicted molar refractivity (Wildman–Crippen MR) is 74.0 cm³/mol. The summed E-state index contributed by atoms with van der Waals surface area (Å²) in [6.45, 7) is 3.60. The van der Waals surface area contributed by atoms with Crippen LogP contribution in [0.4, 0.5) is 0 Å². The molecule has 2 rings (SSSR count). The normalized spacial score (nSPS) is 10.3. The zero-order chi connectivity index (χ0) is 13.0. The second-order valence-corrected chi connectivity index (χ2v) is 4.86. The van der Waals surface area contributed by atoms with Crippen molar-refractivity contribution in [3.8, 4) is 11.3 Å². The van der Waals surface area contributed by atoms with Gasteiger partial charge in [-0.1, -0.05) is 41.6 Å². The maximum absolute atomic E-state index is 11.9. The molecule has 0 unspecified atom stereocenters. The van der Waals surface area contributed by atoms with Gasteiger partial charge in [-0.25, -0.2) is 0 Å². The maximum Gasteiger partial charge on any atom is 0.278 e. The molecule has 1 aromatic heterocycles. The highest BCUT2D eigenvalue weighted by molar-refractivity contribution is 7.99. The molecular formula is C12H10ClN3OS. The van der Waals surface area contributed by atoms with Gasteiger partial charge in [-0.2, -0.15) is 0 Å². The number of aromatic nitrogens is 3. The van der Waals surface area contributed by atoms with Gasteiger partial charge in [0.25, 0.3) is 5.56 Å². The van der Waals surface area contributed by atoms with Crippen molar-refractivity contribution in [3.05, 3.63) is 52.3 Å². The van der Waals surface area contributed by atoms with Gasteiger partial charge in [0.1, 0.15) is 0 Å². The number of halogens is 1. The minimum absolute atomic E-state index is 0.265. The molecule has 1 heterocycles. The SMILES string of the molecule is C=CCSc1nnc(-c2ccc(Cl)cc2)c(=O)[nH]1. The molecule has 0 aliphatic rings. The van der Waals surface area contributed by atoms with Gasteiger partial charge >= 0.3 is 0 Å². The summed E-state index contributed by atoms with van der Waals surface area (Å²) in [6, 6.07) is 6.88. The summed E-state index contributed by atoms with van der Waals surface area (Å²) in [5.74, 6) is 0.672. The molecule has 0 radical (unpaired) electrons. The fourth-order valence-electron chi connectivity index (χ4n) is 1.32. The quantitative estimate of drug-likeness (QED) is 0.691. The van der Waals surface area contributed by atoms with Crippen molar-refractivity contribution in [3.63, 3.8) is 0 Å². The third-order valence-electron chi connectivity index (χ3n) is 2.13. The Kier molecular flexibility index (Phi) is 4.17. The molecule has 92 valence electrons. The maximum atomic E-state index is 11.9. The number of benzene rings is 1. The first-order valence-electron chi connectivity index (χ1n) is 5.17. The molecule has 0 atom stereocenters. The van der Waals surface area contributed by atoms with E-state index in [2.05, 4.69) is 21.8 Å². The summed E-state index contributed by atoms with van der Waals surface area (Å²) in [4.78, 5) is 14.5. The Morgan fingerprint density at radius 3 is 2.67 bits per heavy atom. The van der Waals surface area contributed by atoms with E-state index in [-0.39, 0.29) is 11.3 Å². The Bertz CT molecular complexity index is 609. The van der Waals surface area contributed by atoms with E-state index in [4.69, 9.17) is 11.6 Å². The molecule has 0 saturated carbocycles. The Labute approximate surface area is 113 Å². The summed E-state index contributed by atoms with van der Waals surface area (Å²) in [6.07, 6.45) is 1.73. The highest BCUT2D eigenvalue weighted by Gasteiger charge is 2.07. The Balaban J connectivity index is 2.32. The topological polar surface area (TPSA) is 58.6 Å². The van der Waals surface area contributed by atoms with Gasteiger partial charge in [0.05, 0.1) is 0 Å². The van der Waals surface area contributed by atoms with E-state index in [1.54, 1.807) is 30.3 Å². The zero-order valence-electron chi connectivity index (χ0n) is 9.39. The number of aromatic amines is 1. The van der Waals surface area contributed by atoms with Crippen LogP contribution in [0.15, 0.2) is 46.9 Å². The van der Waals surface area contributed by atoms with Gasteiger partial charge in [0.15, 0.2) is 10.9 Å². The number of H-pyrrole nitrogens is 1. The van der Waals surface area contributed by atoms with E-state index in [9.17, 15) is 4.79 Å². The first-order chi connectivity index (χ1) is 8.70. The van der Waals surface area contributed by atoms with E-state index in [0.29, 0.717) is 21.5 Å². The monoisotopic (exact) mass is 279 g/mol. The molecule has 0 amide bonds. The Morgan fingerprint density at radius 1 is 1.33 bits per heavy atom. The van der Waals surface area contributed by atoms with Crippen molar-refractivity contribution < 1.29 is 0 Å². The van der Waals surface area contributed by atoms with Crippen LogP contribution in [0.1, 0.15) is 0 Å². The molecule has 1 aromatic carbocycles. The van der Waals surface area contributed by atoms with Crippen molar-refractivity contribution >= 4 is 23.4 Å². The van der Waals surface area contributed by atoms with Gasteiger partial charge in [0, 0.05) is 16.3 Å². The van der Waals surface area contributed by atoms with Gasteiger partial charge in [-0.05, 0) is 12.1 Å². The zero-order valence-corrected chi connectivity index (χ0v) is 11.0. The van der Waals surface area contributed by atoms with E-state index in [1.165, 1.54) is 11.8 Å². The smallest absolute Gasteiger partial charge is 0.278 e. The van der Waals surface area contributed by atoms with Crippen LogP contribution in [0, 0.1) is 0 Å². The van der Waals surface area contributed by atoms with Crippen LogP contribution >= 0.6 is 23.4 Å². The summed E-state index contributed by atoms with van der Waals surface area (Å²) < 4.78 is 0. The lowest BCUT2D eigenvalue weighted by Gasteiger charge is -2.01. The van der Waals surface area contributed by atoms with Crippen molar-refractivity contribution in [2.24, 2.45) is 0 Å². The Morgan fingerprint density at radius 2 is 2.06 bits per heavy atom. The second kappa shape index (κ2) is 5.84. The van der Waals surface area contributed by atoms with Gasteiger partial charge in [-0.3, -0.25) is 9.78 Å². The molecule has 0 fully saturated rings. The molecule has 0 aliphatic heterocycles. The summed E-state index contributed by atoms with van der Waals surface area (Å²) in [5, 5.41) is 8.99. The van der Waals surface area contributed by atoms with E-state index in [0.717, 1.165) is 0 Å². The average Bonchev–Trinajstić information content (AvgIpc) is 2.38. The standard InChI is InChI=1S/C12H10ClN3OS/c1-2-7-18-12-14-11(17)10(15-16-12)8-3-5-9(13)6-4-8/h2-6H,1,7H2,(H,14,16,17). The Hall–Kier alpha value is -1.59. The largest absolute Gasteiger partial charge is 0.298 e. The third kappa shape index (κ3) is 3.00. The molecule has 0 aliphatic carbocycles. The first-order valence-corrected chi connectivity index (χ1v) is 6.53. The predicted octanol–water partition coefficient (Wildman–Crippen LogP) is 2.76. The van der Waals surface area contributed by atoms with Gasteiger partial charge in [-0.15, -0.1) is 16.8 Å². The van der Waals surface area contributed by atoms with Crippen molar-refractivity contribution in [1.29, 1.82) is 0 Å². The number of hydrogen-bond acceptors (Lipinski definition) is 4. The minimum Gasteiger partial charge on any atom is -0.298 e. The van der Waals surface area contributed by atoms with Crippen LogP contribution < -0.4 is 5.56 Å². The summed E-state index contributed by atoms with van der Waals surface area (Å²) in [5.41, 5.74) is 0.710. The minimum atomic E-state index is -0.265. The molecule has 2 aromatic rings. The van der Waals surface area contributed by atoms with E-state index >= 15 is 0 Å². The fraction of sp³-hybridized carbons (Fsp3) is 0.0833. The summed E-state index contributed by atoms with van der Waals surface area (Å²) in [7, 11) is 0. The highest BCUT2D eigenvalue weighted by Crippen LogP contribution is 2.17. The lowest BCUT2D eigenvalue weighted by molar-refractivity contribution is 0.825. The highest BCUT2D eigenvalue weighted by atomic mass is 35.5. The van der Waals surface area contributed by atoms with E-state index in [1.807, 2.05) is 0 Å².